The molecule has 0 spiro atoms. The lowest BCUT2D eigenvalue weighted by Crippen LogP contribution is -2.58. The molecule has 3 amide bonds. The van der Waals surface area contributed by atoms with Crippen LogP contribution in [0.2, 0.25) is 0 Å². The van der Waals surface area contributed by atoms with Crippen molar-refractivity contribution in [3.8, 4) is 0 Å². The first kappa shape index (κ1) is 18.0. The zero-order valence-electron chi connectivity index (χ0n) is 14.2. The lowest BCUT2D eigenvalue weighted by Gasteiger charge is -2.42. The molecule has 0 aromatic carbocycles. The summed E-state index contributed by atoms with van der Waals surface area (Å²) in [5.41, 5.74) is -0.180. The molecule has 2 fully saturated rings. The molecule has 0 bridgehead atoms. The fraction of sp³-hybridized carbons (Fsp3) is 0.875. The van der Waals surface area contributed by atoms with E-state index in [9.17, 15) is 9.59 Å². The minimum absolute atomic E-state index is 0.0507. The summed E-state index contributed by atoms with van der Waals surface area (Å²) >= 11 is 0. The van der Waals surface area contributed by atoms with Gasteiger partial charge in [0, 0.05) is 39.4 Å². The number of nitrogens with zero attached hydrogens (tertiary/aromatic N) is 1. The maximum Gasteiger partial charge on any atom is 0.317 e. The number of hydrogen-bond acceptors (Lipinski definition) is 4. The van der Waals surface area contributed by atoms with Crippen molar-refractivity contribution in [1.29, 1.82) is 0 Å². The highest BCUT2D eigenvalue weighted by Gasteiger charge is 2.41. The molecule has 0 unspecified atom stereocenters. The fourth-order valence-corrected chi connectivity index (χ4v) is 3.23. The van der Waals surface area contributed by atoms with Crippen LogP contribution in [0.1, 0.15) is 32.1 Å². The lowest BCUT2D eigenvalue weighted by molar-refractivity contribution is -0.127. The van der Waals surface area contributed by atoms with Crippen molar-refractivity contribution >= 4 is 11.9 Å². The predicted octanol–water partition coefficient (Wildman–Crippen LogP) is 0.740. The molecule has 2 aliphatic rings. The van der Waals surface area contributed by atoms with Gasteiger partial charge in [-0.05, 0) is 25.2 Å². The van der Waals surface area contributed by atoms with E-state index in [0.717, 1.165) is 25.2 Å². The molecule has 0 atom stereocenters. The van der Waals surface area contributed by atoms with E-state index in [1.54, 1.807) is 7.11 Å². The first-order valence-corrected chi connectivity index (χ1v) is 8.40. The fourth-order valence-electron chi connectivity index (χ4n) is 3.23. The van der Waals surface area contributed by atoms with Crippen molar-refractivity contribution in [2.24, 2.45) is 5.92 Å². The molecule has 2 rings (SSSR count). The molecule has 2 N–H and O–H groups in total. The monoisotopic (exact) mass is 327 g/mol. The van der Waals surface area contributed by atoms with Crippen molar-refractivity contribution in [3.05, 3.63) is 0 Å². The zero-order chi connectivity index (χ0) is 16.7. The summed E-state index contributed by atoms with van der Waals surface area (Å²) in [6.07, 6.45) is 5.13. The molecule has 1 saturated heterocycles. The number of likely N-dealkylation sites (tertiary alicyclic amines) is 1. The van der Waals surface area contributed by atoms with Crippen molar-refractivity contribution in [2.75, 3.05) is 47.1 Å². The molecule has 7 heteroatoms. The highest BCUT2D eigenvalue weighted by atomic mass is 16.5. The third kappa shape index (κ3) is 5.66. The van der Waals surface area contributed by atoms with Crippen LogP contribution in [0.3, 0.4) is 0 Å². The van der Waals surface area contributed by atoms with E-state index in [2.05, 4.69) is 10.6 Å². The van der Waals surface area contributed by atoms with Gasteiger partial charge in [0.2, 0.25) is 5.91 Å². The molecule has 7 nitrogen and oxygen atoms in total. The maximum atomic E-state index is 12.1. The van der Waals surface area contributed by atoms with Crippen LogP contribution in [0.25, 0.3) is 0 Å². The average molecular weight is 327 g/mol. The van der Waals surface area contributed by atoms with Crippen LogP contribution in [-0.4, -0.2) is 69.4 Å². The molecule has 0 radical (unpaired) electrons. The molecule has 1 aliphatic heterocycles. The molecule has 132 valence electrons. The van der Waals surface area contributed by atoms with Gasteiger partial charge in [-0.3, -0.25) is 4.79 Å². The number of methoxy groups -OCH3 is 2. The Labute approximate surface area is 138 Å². The minimum Gasteiger partial charge on any atom is -0.383 e. The summed E-state index contributed by atoms with van der Waals surface area (Å²) < 4.78 is 9.86. The molecular formula is C16H29N3O4. The Kier molecular flexibility index (Phi) is 6.65. The third-order valence-corrected chi connectivity index (χ3v) is 4.65. The lowest BCUT2D eigenvalue weighted by atomic mass is 9.82. The summed E-state index contributed by atoms with van der Waals surface area (Å²) in [6.45, 7) is 2.45. The van der Waals surface area contributed by atoms with Gasteiger partial charge in [0.05, 0.1) is 6.61 Å². The molecule has 23 heavy (non-hydrogen) atoms. The van der Waals surface area contributed by atoms with Crippen LogP contribution < -0.4 is 10.6 Å². The largest absolute Gasteiger partial charge is 0.383 e. The minimum atomic E-state index is -0.180. The van der Waals surface area contributed by atoms with E-state index in [-0.39, 0.29) is 24.1 Å². The normalized spacial score (nSPS) is 20.2. The summed E-state index contributed by atoms with van der Waals surface area (Å²) in [5.74, 6) is 0.658. The number of hydrogen-bond donors (Lipinski definition) is 2. The smallest absolute Gasteiger partial charge is 0.317 e. The van der Waals surface area contributed by atoms with Gasteiger partial charge in [0.1, 0.15) is 6.61 Å². The van der Waals surface area contributed by atoms with E-state index in [0.29, 0.717) is 26.2 Å². The van der Waals surface area contributed by atoms with Crippen LogP contribution in [-0.2, 0) is 14.3 Å². The van der Waals surface area contributed by atoms with Crippen molar-refractivity contribution in [1.82, 2.24) is 15.5 Å². The number of rotatable bonds is 8. The number of carbonyl (C=O) groups is 2. The van der Waals surface area contributed by atoms with Gasteiger partial charge in [0.25, 0.3) is 0 Å². The summed E-state index contributed by atoms with van der Waals surface area (Å²) in [6, 6.07) is -0.0507. The molecule has 1 aliphatic carbocycles. The van der Waals surface area contributed by atoms with Crippen LogP contribution in [0.5, 0.6) is 0 Å². The van der Waals surface area contributed by atoms with Gasteiger partial charge in [-0.15, -0.1) is 0 Å². The van der Waals surface area contributed by atoms with E-state index >= 15 is 0 Å². The van der Waals surface area contributed by atoms with Gasteiger partial charge in [-0.2, -0.15) is 0 Å². The zero-order valence-corrected chi connectivity index (χ0v) is 14.2. The Bertz CT molecular complexity index is 404. The van der Waals surface area contributed by atoms with Gasteiger partial charge >= 0.3 is 6.03 Å². The molecule has 1 heterocycles. The van der Waals surface area contributed by atoms with Gasteiger partial charge in [0.15, 0.2) is 0 Å². The quantitative estimate of drug-likeness (QED) is 0.645. The second-order valence-corrected chi connectivity index (χ2v) is 6.62. The topological polar surface area (TPSA) is 79.9 Å². The second-order valence-electron chi connectivity index (χ2n) is 6.62. The summed E-state index contributed by atoms with van der Waals surface area (Å²) in [7, 11) is 3.14. The summed E-state index contributed by atoms with van der Waals surface area (Å²) in [5, 5.41) is 6.02. The van der Waals surface area contributed by atoms with Gasteiger partial charge in [-0.1, -0.05) is 12.8 Å². The van der Waals surface area contributed by atoms with Crippen LogP contribution in [0.15, 0.2) is 0 Å². The molecule has 1 saturated carbocycles. The highest BCUT2D eigenvalue weighted by molar-refractivity contribution is 5.78. The Morgan fingerprint density at radius 2 is 1.87 bits per heavy atom. The third-order valence-electron chi connectivity index (χ3n) is 4.65. The van der Waals surface area contributed by atoms with E-state index in [4.69, 9.17) is 9.47 Å². The standard InChI is InChI=1S/C16H29N3O4/c1-22-10-7-17-15(21)19-8-5-16(6-9-19,11-13-3-4-13)18-14(20)12-23-2/h13H,3-12H2,1-2H3,(H,17,21)(H,18,20). The number of urea groups is 1. The van der Waals surface area contributed by atoms with Gasteiger partial charge < -0.3 is 25.0 Å². The van der Waals surface area contributed by atoms with Gasteiger partial charge in [-0.25, -0.2) is 4.79 Å². The van der Waals surface area contributed by atoms with Crippen molar-refractivity contribution in [2.45, 2.75) is 37.6 Å². The Hall–Kier alpha value is -1.34. The Balaban J connectivity index is 1.85. The Morgan fingerprint density at radius 3 is 2.43 bits per heavy atom. The Morgan fingerprint density at radius 1 is 1.17 bits per heavy atom. The van der Waals surface area contributed by atoms with Crippen LogP contribution >= 0.6 is 0 Å². The number of carbonyl (C=O) groups excluding carboxylic acids is 2. The number of piperidine rings is 1. The number of amides is 3. The molecule has 0 aromatic heterocycles. The maximum absolute atomic E-state index is 12.1. The van der Waals surface area contributed by atoms with Crippen LogP contribution in [0.4, 0.5) is 4.79 Å². The average Bonchev–Trinajstić information content (AvgIpc) is 3.32. The predicted molar refractivity (Wildman–Crippen MR) is 86.2 cm³/mol. The van der Waals surface area contributed by atoms with E-state index in [1.165, 1.54) is 20.0 Å². The molecular weight excluding hydrogens is 298 g/mol. The number of nitrogens with one attached hydrogen (secondary N) is 2. The first-order chi connectivity index (χ1) is 11.1. The number of ether oxygens (including phenoxy) is 2. The molecule has 0 aromatic rings. The second kappa shape index (κ2) is 8.49. The highest BCUT2D eigenvalue weighted by Crippen LogP contribution is 2.40. The van der Waals surface area contributed by atoms with Crippen molar-refractivity contribution in [3.63, 3.8) is 0 Å². The van der Waals surface area contributed by atoms with Crippen LogP contribution in [0, 0.1) is 5.92 Å². The summed E-state index contributed by atoms with van der Waals surface area (Å²) in [4.78, 5) is 25.9. The SMILES string of the molecule is COCCNC(=O)N1CCC(CC2CC2)(NC(=O)COC)CC1. The van der Waals surface area contributed by atoms with E-state index in [1.807, 2.05) is 4.90 Å². The first-order valence-electron chi connectivity index (χ1n) is 8.40. The van der Waals surface area contributed by atoms with Crippen molar-refractivity contribution < 1.29 is 19.1 Å². The van der Waals surface area contributed by atoms with E-state index < -0.39 is 0 Å².